The molecule has 0 spiro atoms. The van der Waals surface area contributed by atoms with Gasteiger partial charge in [0.2, 0.25) is 5.91 Å². The minimum Gasteiger partial charge on any atom is -0.330 e. The highest BCUT2D eigenvalue weighted by atomic mass is 16.1. The molecule has 1 rings (SSSR count). The quantitative estimate of drug-likeness (QED) is 0.768. The van der Waals surface area contributed by atoms with Crippen molar-refractivity contribution in [1.29, 1.82) is 0 Å². The molecule has 1 heterocycles. The number of aryl methyl sites for hydroxylation is 2. The zero-order chi connectivity index (χ0) is 15.1. The van der Waals surface area contributed by atoms with Gasteiger partial charge in [-0.15, -0.1) is 0 Å². The van der Waals surface area contributed by atoms with Crippen LogP contribution in [-0.4, -0.2) is 22.2 Å². The van der Waals surface area contributed by atoms with Gasteiger partial charge < -0.3 is 11.1 Å². The molecule has 0 aliphatic rings. The number of nitrogens with one attached hydrogen (secondary N) is 1. The third kappa shape index (κ3) is 4.63. The molecule has 0 saturated carbocycles. The molecule has 20 heavy (non-hydrogen) atoms. The summed E-state index contributed by atoms with van der Waals surface area (Å²) >= 11 is 0. The Labute approximate surface area is 121 Å². The standard InChI is InChI=1S/C15H28N4O/c1-5-6-13(9-10-16)7-8-14(20)17-15-11(2)18-19(4)12(15)3/h13H,5-10,16H2,1-4H3,(H,17,20). The van der Waals surface area contributed by atoms with Crippen LogP contribution in [0, 0.1) is 19.8 Å². The Balaban J connectivity index is 2.50. The molecule has 1 unspecified atom stereocenters. The molecular formula is C15H28N4O. The number of hydrogen-bond donors (Lipinski definition) is 2. The van der Waals surface area contributed by atoms with Crippen LogP contribution in [0.1, 0.15) is 50.4 Å². The monoisotopic (exact) mass is 280 g/mol. The smallest absolute Gasteiger partial charge is 0.224 e. The van der Waals surface area contributed by atoms with Crippen molar-refractivity contribution in [3.05, 3.63) is 11.4 Å². The van der Waals surface area contributed by atoms with E-state index in [0.717, 1.165) is 42.8 Å². The number of hydrogen-bond acceptors (Lipinski definition) is 3. The molecule has 5 nitrogen and oxygen atoms in total. The van der Waals surface area contributed by atoms with Crippen molar-refractivity contribution in [2.45, 2.75) is 52.9 Å². The van der Waals surface area contributed by atoms with Gasteiger partial charge in [0.05, 0.1) is 17.1 Å². The zero-order valence-corrected chi connectivity index (χ0v) is 13.2. The van der Waals surface area contributed by atoms with Crippen LogP contribution in [0.25, 0.3) is 0 Å². The number of anilines is 1. The topological polar surface area (TPSA) is 72.9 Å². The second-order valence-corrected chi connectivity index (χ2v) is 5.49. The van der Waals surface area contributed by atoms with Crippen LogP contribution in [-0.2, 0) is 11.8 Å². The van der Waals surface area contributed by atoms with Crippen LogP contribution in [0.15, 0.2) is 0 Å². The lowest BCUT2D eigenvalue weighted by Gasteiger charge is -2.14. The van der Waals surface area contributed by atoms with E-state index >= 15 is 0 Å². The van der Waals surface area contributed by atoms with Crippen molar-refractivity contribution in [3.63, 3.8) is 0 Å². The van der Waals surface area contributed by atoms with Crippen LogP contribution >= 0.6 is 0 Å². The summed E-state index contributed by atoms with van der Waals surface area (Å²) in [5, 5.41) is 7.29. The number of aromatic nitrogens is 2. The summed E-state index contributed by atoms with van der Waals surface area (Å²) in [6.07, 6.45) is 4.77. The zero-order valence-electron chi connectivity index (χ0n) is 13.2. The first-order chi connectivity index (χ1) is 9.49. The average Bonchev–Trinajstić information content (AvgIpc) is 2.63. The Bertz CT molecular complexity index is 433. The van der Waals surface area contributed by atoms with Crippen LogP contribution in [0.2, 0.25) is 0 Å². The minimum absolute atomic E-state index is 0.0716. The molecule has 1 atom stereocenters. The summed E-state index contributed by atoms with van der Waals surface area (Å²) < 4.78 is 1.79. The van der Waals surface area contributed by atoms with Gasteiger partial charge in [0.15, 0.2) is 0 Å². The summed E-state index contributed by atoms with van der Waals surface area (Å²) in [6.45, 7) is 6.75. The summed E-state index contributed by atoms with van der Waals surface area (Å²) in [6, 6.07) is 0. The van der Waals surface area contributed by atoms with E-state index in [0.29, 0.717) is 18.9 Å². The molecule has 0 bridgehead atoms. The first-order valence-electron chi connectivity index (χ1n) is 7.49. The highest BCUT2D eigenvalue weighted by Gasteiger charge is 2.14. The Hall–Kier alpha value is -1.36. The van der Waals surface area contributed by atoms with Gasteiger partial charge in [-0.25, -0.2) is 0 Å². The lowest BCUT2D eigenvalue weighted by atomic mass is 9.94. The Morgan fingerprint density at radius 3 is 2.55 bits per heavy atom. The highest BCUT2D eigenvalue weighted by Crippen LogP contribution is 2.20. The van der Waals surface area contributed by atoms with Crippen molar-refractivity contribution in [1.82, 2.24) is 9.78 Å². The van der Waals surface area contributed by atoms with E-state index in [-0.39, 0.29) is 5.91 Å². The van der Waals surface area contributed by atoms with Crippen LogP contribution in [0.3, 0.4) is 0 Å². The van der Waals surface area contributed by atoms with E-state index in [1.54, 1.807) is 4.68 Å². The fourth-order valence-corrected chi connectivity index (χ4v) is 2.57. The minimum atomic E-state index is 0.0716. The van der Waals surface area contributed by atoms with E-state index < -0.39 is 0 Å². The third-order valence-corrected chi connectivity index (χ3v) is 3.82. The van der Waals surface area contributed by atoms with E-state index in [1.165, 1.54) is 0 Å². The maximum atomic E-state index is 12.1. The molecule has 0 aliphatic heterocycles. The normalized spacial score (nSPS) is 12.4. The van der Waals surface area contributed by atoms with Crippen molar-refractivity contribution >= 4 is 11.6 Å². The van der Waals surface area contributed by atoms with Gasteiger partial charge in [-0.05, 0) is 39.2 Å². The molecule has 0 saturated heterocycles. The molecule has 0 aliphatic carbocycles. The number of carbonyl (C=O) groups excluding carboxylic acids is 1. The number of nitrogens with zero attached hydrogens (tertiary/aromatic N) is 2. The molecule has 1 aromatic rings. The van der Waals surface area contributed by atoms with Gasteiger partial charge in [-0.3, -0.25) is 9.48 Å². The predicted molar refractivity (Wildman–Crippen MR) is 82.6 cm³/mol. The molecule has 114 valence electrons. The van der Waals surface area contributed by atoms with Crippen molar-refractivity contribution in [2.24, 2.45) is 18.7 Å². The maximum absolute atomic E-state index is 12.1. The summed E-state index contributed by atoms with van der Waals surface area (Å²) in [4.78, 5) is 12.1. The average molecular weight is 280 g/mol. The Kier molecular flexibility index (Phi) is 6.71. The Morgan fingerprint density at radius 1 is 1.35 bits per heavy atom. The van der Waals surface area contributed by atoms with E-state index in [4.69, 9.17) is 5.73 Å². The number of rotatable bonds is 8. The summed E-state index contributed by atoms with van der Waals surface area (Å²) in [5.41, 5.74) is 8.33. The highest BCUT2D eigenvalue weighted by molar-refractivity contribution is 5.91. The fourth-order valence-electron chi connectivity index (χ4n) is 2.57. The number of carbonyl (C=O) groups is 1. The number of nitrogens with two attached hydrogens (primary N) is 1. The molecular weight excluding hydrogens is 252 g/mol. The van der Waals surface area contributed by atoms with Gasteiger partial charge in [0.25, 0.3) is 0 Å². The van der Waals surface area contributed by atoms with Gasteiger partial charge in [0, 0.05) is 13.5 Å². The summed E-state index contributed by atoms with van der Waals surface area (Å²) in [7, 11) is 1.89. The molecule has 0 fully saturated rings. The molecule has 5 heteroatoms. The van der Waals surface area contributed by atoms with Gasteiger partial charge in [0.1, 0.15) is 0 Å². The molecule has 1 aromatic heterocycles. The van der Waals surface area contributed by atoms with E-state index in [9.17, 15) is 4.79 Å². The lowest BCUT2D eigenvalue weighted by molar-refractivity contribution is -0.116. The molecule has 1 amide bonds. The van der Waals surface area contributed by atoms with Crippen molar-refractivity contribution in [2.75, 3.05) is 11.9 Å². The predicted octanol–water partition coefficient (Wildman–Crippen LogP) is 2.52. The van der Waals surface area contributed by atoms with Crippen molar-refractivity contribution in [3.8, 4) is 0 Å². The first-order valence-corrected chi connectivity index (χ1v) is 7.49. The molecule has 0 aromatic carbocycles. The second-order valence-electron chi connectivity index (χ2n) is 5.49. The van der Waals surface area contributed by atoms with Gasteiger partial charge in [-0.2, -0.15) is 5.10 Å². The third-order valence-electron chi connectivity index (χ3n) is 3.82. The molecule has 3 N–H and O–H groups in total. The molecule has 0 radical (unpaired) electrons. The van der Waals surface area contributed by atoms with E-state index in [2.05, 4.69) is 17.3 Å². The number of amides is 1. The lowest BCUT2D eigenvalue weighted by Crippen LogP contribution is -2.16. The van der Waals surface area contributed by atoms with Crippen molar-refractivity contribution < 1.29 is 4.79 Å². The van der Waals surface area contributed by atoms with Gasteiger partial charge in [-0.1, -0.05) is 19.8 Å². The fraction of sp³-hybridized carbons (Fsp3) is 0.733. The largest absolute Gasteiger partial charge is 0.330 e. The van der Waals surface area contributed by atoms with Gasteiger partial charge >= 0.3 is 0 Å². The second kappa shape index (κ2) is 8.04. The SMILES string of the molecule is CCCC(CCN)CCC(=O)Nc1c(C)nn(C)c1C. The Morgan fingerprint density at radius 2 is 2.05 bits per heavy atom. The first kappa shape index (κ1) is 16.7. The van der Waals surface area contributed by atoms with Crippen LogP contribution in [0.4, 0.5) is 5.69 Å². The van der Waals surface area contributed by atoms with E-state index in [1.807, 2.05) is 20.9 Å². The van der Waals surface area contributed by atoms with Crippen LogP contribution in [0.5, 0.6) is 0 Å². The van der Waals surface area contributed by atoms with Crippen LogP contribution < -0.4 is 11.1 Å². The maximum Gasteiger partial charge on any atom is 0.224 e. The summed E-state index contributed by atoms with van der Waals surface area (Å²) in [5.74, 6) is 0.633.